The fraction of sp³-hybridized carbons (Fsp3) is 0.133. The Kier molecular flexibility index (Phi) is 4.80. The summed E-state index contributed by atoms with van der Waals surface area (Å²) in [6.07, 6.45) is 2.32. The van der Waals surface area contributed by atoms with Crippen LogP contribution in [0, 0.1) is 22.9 Å². The van der Waals surface area contributed by atoms with Crippen LogP contribution < -0.4 is 5.32 Å². The number of hydrogen-bond donors (Lipinski definition) is 1. The number of rotatable bonds is 5. The molecule has 1 amide bonds. The minimum absolute atomic E-state index is 0.0143. The molecular weight excluding hydrogens is 413 g/mol. The van der Waals surface area contributed by atoms with Gasteiger partial charge in [-0.2, -0.15) is 5.10 Å². The van der Waals surface area contributed by atoms with Crippen molar-refractivity contribution >= 4 is 33.2 Å². The van der Waals surface area contributed by atoms with Gasteiger partial charge in [0, 0.05) is 10.0 Å². The van der Waals surface area contributed by atoms with E-state index in [9.17, 15) is 19.3 Å². The monoisotopic (exact) mass is 423 g/mol. The van der Waals surface area contributed by atoms with E-state index >= 15 is 0 Å². The number of carbonyl (C=O) groups is 1. The van der Waals surface area contributed by atoms with E-state index in [-0.39, 0.29) is 23.6 Å². The van der Waals surface area contributed by atoms with Crippen molar-refractivity contribution in [2.75, 3.05) is 5.32 Å². The largest absolute Gasteiger partial charge is 0.361 e. The van der Waals surface area contributed by atoms with Crippen LogP contribution in [0.5, 0.6) is 0 Å². The van der Waals surface area contributed by atoms with Gasteiger partial charge in [-0.3, -0.25) is 19.6 Å². The zero-order valence-corrected chi connectivity index (χ0v) is 14.9. The van der Waals surface area contributed by atoms with Crippen molar-refractivity contribution in [1.29, 1.82) is 0 Å². The quantitative estimate of drug-likeness (QED) is 0.497. The first-order valence-electron chi connectivity index (χ1n) is 7.23. The van der Waals surface area contributed by atoms with Crippen molar-refractivity contribution in [2.45, 2.75) is 13.5 Å². The number of nitro groups is 1. The van der Waals surface area contributed by atoms with Crippen molar-refractivity contribution in [1.82, 2.24) is 14.9 Å². The van der Waals surface area contributed by atoms with Crippen LogP contribution in [0.2, 0.25) is 0 Å². The number of hydrogen-bond acceptors (Lipinski definition) is 6. The van der Waals surface area contributed by atoms with Crippen LogP contribution in [0.25, 0.3) is 0 Å². The number of aromatic nitrogens is 3. The van der Waals surface area contributed by atoms with Gasteiger partial charge in [0.25, 0.3) is 5.91 Å². The Hall–Kier alpha value is -3.08. The lowest BCUT2D eigenvalue weighted by Gasteiger charge is -2.06. The third kappa shape index (κ3) is 3.61. The molecule has 0 aliphatic carbocycles. The fourth-order valence-corrected chi connectivity index (χ4v) is 2.56. The van der Waals surface area contributed by atoms with E-state index in [4.69, 9.17) is 4.52 Å². The van der Waals surface area contributed by atoms with Gasteiger partial charge < -0.3 is 9.84 Å². The number of aryl methyl sites for hydroxylation is 1. The first-order chi connectivity index (χ1) is 12.3. The average molecular weight is 424 g/mol. The second kappa shape index (κ2) is 7.04. The lowest BCUT2D eigenvalue weighted by molar-refractivity contribution is -0.385. The molecule has 9 nitrogen and oxygen atoms in total. The second-order valence-electron chi connectivity index (χ2n) is 5.30. The summed E-state index contributed by atoms with van der Waals surface area (Å²) >= 11 is 3.13. The zero-order valence-electron chi connectivity index (χ0n) is 13.3. The highest BCUT2D eigenvalue weighted by atomic mass is 79.9. The molecule has 3 aromatic rings. The predicted molar refractivity (Wildman–Crippen MR) is 91.3 cm³/mol. The Labute approximate surface area is 154 Å². The highest BCUT2D eigenvalue weighted by Crippen LogP contribution is 2.22. The minimum atomic E-state index is -0.667. The van der Waals surface area contributed by atoms with E-state index in [1.165, 1.54) is 23.0 Å². The summed E-state index contributed by atoms with van der Waals surface area (Å²) in [6.45, 7) is 1.63. The van der Waals surface area contributed by atoms with Crippen molar-refractivity contribution in [3.05, 3.63) is 68.0 Å². The summed E-state index contributed by atoms with van der Waals surface area (Å²) in [5, 5.41) is 20.7. The molecule has 1 aromatic carbocycles. The van der Waals surface area contributed by atoms with E-state index in [0.29, 0.717) is 15.8 Å². The molecule has 26 heavy (non-hydrogen) atoms. The van der Waals surface area contributed by atoms with Crippen molar-refractivity contribution in [3.63, 3.8) is 0 Å². The van der Waals surface area contributed by atoms with Crippen LogP contribution in [0.1, 0.15) is 21.8 Å². The van der Waals surface area contributed by atoms with Gasteiger partial charge in [0.05, 0.1) is 17.2 Å². The summed E-state index contributed by atoms with van der Waals surface area (Å²) < 4.78 is 20.8. The molecule has 0 aliphatic heterocycles. The third-order valence-corrected chi connectivity index (χ3v) is 4.02. The number of nitrogens with one attached hydrogen (secondary N) is 1. The fourth-order valence-electron chi connectivity index (χ4n) is 2.22. The van der Waals surface area contributed by atoms with Crippen LogP contribution in [0.4, 0.5) is 15.8 Å². The number of halogens is 2. The lowest BCUT2D eigenvalue weighted by atomic mass is 10.2. The molecule has 0 aliphatic rings. The van der Waals surface area contributed by atoms with Crippen LogP contribution in [-0.2, 0) is 6.54 Å². The molecule has 0 radical (unpaired) electrons. The van der Waals surface area contributed by atoms with Gasteiger partial charge in [-0.1, -0.05) is 21.1 Å². The normalized spacial score (nSPS) is 10.7. The maximum atomic E-state index is 13.9. The molecule has 3 rings (SSSR count). The van der Waals surface area contributed by atoms with Crippen LogP contribution in [-0.4, -0.2) is 25.8 Å². The van der Waals surface area contributed by atoms with Crippen molar-refractivity contribution < 1.29 is 18.6 Å². The predicted octanol–water partition coefficient (Wildman–Crippen LogP) is 3.29. The Morgan fingerprint density at radius 3 is 2.92 bits per heavy atom. The summed E-state index contributed by atoms with van der Waals surface area (Å²) in [5.41, 5.74) is 0.141. The van der Waals surface area contributed by atoms with E-state index in [1.54, 1.807) is 13.0 Å². The molecule has 2 aromatic heterocycles. The topological polar surface area (TPSA) is 116 Å². The lowest BCUT2D eigenvalue weighted by Crippen LogP contribution is -2.16. The summed E-state index contributed by atoms with van der Waals surface area (Å²) in [6, 6.07) is 4.20. The molecule has 0 bridgehead atoms. The zero-order chi connectivity index (χ0) is 18.8. The molecule has 0 spiro atoms. The maximum Gasteiger partial charge on any atom is 0.307 e. The highest BCUT2D eigenvalue weighted by Gasteiger charge is 2.22. The second-order valence-corrected chi connectivity index (χ2v) is 6.21. The van der Waals surface area contributed by atoms with E-state index < -0.39 is 16.6 Å². The summed E-state index contributed by atoms with van der Waals surface area (Å²) in [5.74, 6) is -0.929. The molecule has 0 saturated heterocycles. The Morgan fingerprint density at radius 2 is 2.27 bits per heavy atom. The molecule has 2 heterocycles. The minimum Gasteiger partial charge on any atom is -0.361 e. The first-order valence-corrected chi connectivity index (χ1v) is 8.03. The Balaban J connectivity index is 1.84. The van der Waals surface area contributed by atoms with Gasteiger partial charge in [0.15, 0.2) is 5.69 Å². The maximum absolute atomic E-state index is 13.9. The van der Waals surface area contributed by atoms with Crippen LogP contribution >= 0.6 is 15.9 Å². The Morgan fingerprint density at radius 1 is 1.50 bits per heavy atom. The standard InChI is InChI=1S/C15H11BrFN5O4/c1-8-11(7-21-6-10(5-18-21)22(24)25)14(20-26-8)15(23)19-13-3-2-9(16)4-12(13)17/h2-6H,7H2,1H3,(H,19,23). The van der Waals surface area contributed by atoms with Crippen LogP contribution in [0.3, 0.4) is 0 Å². The average Bonchev–Trinajstić information content (AvgIpc) is 3.18. The smallest absolute Gasteiger partial charge is 0.307 e. The van der Waals surface area contributed by atoms with Gasteiger partial charge in [-0.05, 0) is 25.1 Å². The first kappa shape index (κ1) is 17.7. The molecule has 0 unspecified atom stereocenters. The molecule has 0 saturated carbocycles. The van der Waals surface area contributed by atoms with Crippen molar-refractivity contribution in [3.8, 4) is 0 Å². The van der Waals surface area contributed by atoms with Gasteiger partial charge in [-0.15, -0.1) is 0 Å². The van der Waals surface area contributed by atoms with E-state index in [1.807, 2.05) is 0 Å². The SMILES string of the molecule is Cc1onc(C(=O)Nc2ccc(Br)cc2F)c1Cn1cc([N+](=O)[O-])cn1. The van der Waals surface area contributed by atoms with Crippen LogP contribution in [0.15, 0.2) is 39.6 Å². The molecule has 0 atom stereocenters. The van der Waals surface area contributed by atoms with Gasteiger partial charge in [-0.25, -0.2) is 4.39 Å². The number of amides is 1. The molecule has 0 fully saturated rings. The molecule has 134 valence electrons. The van der Waals surface area contributed by atoms with Gasteiger partial charge in [0.1, 0.15) is 24.0 Å². The van der Waals surface area contributed by atoms with Crippen molar-refractivity contribution in [2.24, 2.45) is 0 Å². The summed E-state index contributed by atoms with van der Waals surface area (Å²) in [4.78, 5) is 22.6. The number of anilines is 1. The van der Waals surface area contributed by atoms with E-state index in [0.717, 1.165) is 6.20 Å². The third-order valence-electron chi connectivity index (χ3n) is 3.53. The van der Waals surface area contributed by atoms with Gasteiger partial charge >= 0.3 is 5.69 Å². The van der Waals surface area contributed by atoms with E-state index in [2.05, 4.69) is 31.5 Å². The Bertz CT molecular complexity index is 1000. The molecular formula is C15H11BrFN5O4. The number of benzene rings is 1. The van der Waals surface area contributed by atoms with Gasteiger partial charge in [0.2, 0.25) is 0 Å². The molecule has 1 N–H and O–H groups in total. The molecule has 11 heteroatoms. The summed E-state index contributed by atoms with van der Waals surface area (Å²) in [7, 11) is 0. The highest BCUT2D eigenvalue weighted by molar-refractivity contribution is 9.10. The number of nitrogens with zero attached hydrogens (tertiary/aromatic N) is 4. The number of carbonyl (C=O) groups excluding carboxylic acids is 1.